The summed E-state index contributed by atoms with van der Waals surface area (Å²) in [6, 6.07) is 8.71. The molecule has 3 heteroatoms. The highest BCUT2D eigenvalue weighted by Crippen LogP contribution is 2.57. The molecule has 6 rings (SSSR count). The Kier molecular flexibility index (Phi) is 4.15. The summed E-state index contributed by atoms with van der Waals surface area (Å²) in [5.41, 5.74) is 3.01. The SMILES string of the molecule is O[C@@H](COC12CC3CC(CC(C3)C1)C2)CN1CCc2ccccc2C1. The van der Waals surface area contributed by atoms with Gasteiger partial charge in [0.05, 0.1) is 18.3 Å². The largest absolute Gasteiger partial charge is 0.389 e. The highest BCUT2D eigenvalue weighted by molar-refractivity contribution is 5.29. The Hall–Kier alpha value is -0.900. The molecule has 4 bridgehead atoms. The van der Waals surface area contributed by atoms with Crippen LogP contribution in [0.25, 0.3) is 0 Å². The van der Waals surface area contributed by atoms with Crippen LogP contribution in [0, 0.1) is 17.8 Å². The van der Waals surface area contributed by atoms with Crippen molar-refractivity contribution in [3.63, 3.8) is 0 Å². The summed E-state index contributed by atoms with van der Waals surface area (Å²) >= 11 is 0. The molecular formula is C22H31NO2. The van der Waals surface area contributed by atoms with Gasteiger partial charge in [-0.05, 0) is 73.8 Å². The van der Waals surface area contributed by atoms with Gasteiger partial charge in [0.25, 0.3) is 0 Å². The zero-order valence-electron chi connectivity index (χ0n) is 15.2. The van der Waals surface area contributed by atoms with E-state index in [-0.39, 0.29) is 11.7 Å². The summed E-state index contributed by atoms with van der Waals surface area (Å²) in [7, 11) is 0. The van der Waals surface area contributed by atoms with Gasteiger partial charge in [-0.1, -0.05) is 24.3 Å². The van der Waals surface area contributed by atoms with Gasteiger partial charge in [-0.25, -0.2) is 0 Å². The lowest BCUT2D eigenvalue weighted by atomic mass is 9.54. The van der Waals surface area contributed by atoms with Crippen molar-refractivity contribution in [2.24, 2.45) is 17.8 Å². The fraction of sp³-hybridized carbons (Fsp3) is 0.727. The van der Waals surface area contributed by atoms with Gasteiger partial charge in [0, 0.05) is 19.6 Å². The fourth-order valence-electron chi connectivity index (χ4n) is 6.54. The predicted octanol–water partition coefficient (Wildman–Crippen LogP) is 3.39. The lowest BCUT2D eigenvalue weighted by molar-refractivity contribution is -0.176. The molecule has 0 spiro atoms. The Bertz CT molecular complexity index is 593. The molecule has 0 unspecified atom stereocenters. The first-order valence-corrected chi connectivity index (χ1v) is 10.3. The van der Waals surface area contributed by atoms with E-state index < -0.39 is 0 Å². The average molecular weight is 341 g/mol. The first-order valence-electron chi connectivity index (χ1n) is 10.3. The highest BCUT2D eigenvalue weighted by atomic mass is 16.5. The number of benzene rings is 1. The smallest absolute Gasteiger partial charge is 0.0900 e. The Balaban J connectivity index is 1.15. The minimum Gasteiger partial charge on any atom is -0.389 e. The highest BCUT2D eigenvalue weighted by Gasteiger charge is 2.51. The molecule has 5 aliphatic rings. The molecule has 0 radical (unpaired) electrons. The number of fused-ring (bicyclic) bond motifs is 1. The van der Waals surface area contributed by atoms with Crippen molar-refractivity contribution in [2.75, 3.05) is 19.7 Å². The maximum atomic E-state index is 10.6. The topological polar surface area (TPSA) is 32.7 Å². The van der Waals surface area contributed by atoms with Crippen LogP contribution >= 0.6 is 0 Å². The second kappa shape index (κ2) is 6.37. The van der Waals surface area contributed by atoms with Crippen molar-refractivity contribution in [1.29, 1.82) is 0 Å². The molecule has 1 N–H and O–H groups in total. The van der Waals surface area contributed by atoms with Crippen molar-refractivity contribution < 1.29 is 9.84 Å². The molecule has 136 valence electrons. The predicted molar refractivity (Wildman–Crippen MR) is 98.3 cm³/mol. The van der Waals surface area contributed by atoms with Gasteiger partial charge >= 0.3 is 0 Å². The molecule has 4 aliphatic carbocycles. The zero-order chi connectivity index (χ0) is 16.9. The number of nitrogens with zero attached hydrogens (tertiary/aromatic N) is 1. The Morgan fingerprint density at radius 2 is 1.68 bits per heavy atom. The van der Waals surface area contributed by atoms with Crippen LogP contribution in [0.1, 0.15) is 49.7 Å². The number of aliphatic hydroxyl groups is 1. The third kappa shape index (κ3) is 3.27. The Labute approximate surface area is 151 Å². The molecule has 4 saturated carbocycles. The van der Waals surface area contributed by atoms with Gasteiger partial charge in [0.2, 0.25) is 0 Å². The van der Waals surface area contributed by atoms with Crippen molar-refractivity contribution in [3.8, 4) is 0 Å². The first kappa shape index (κ1) is 16.3. The molecule has 0 aromatic heterocycles. The van der Waals surface area contributed by atoms with E-state index in [1.807, 2.05) is 0 Å². The van der Waals surface area contributed by atoms with Crippen molar-refractivity contribution in [2.45, 2.75) is 63.2 Å². The minimum atomic E-state index is -0.363. The van der Waals surface area contributed by atoms with E-state index in [1.165, 1.54) is 49.7 Å². The number of rotatable bonds is 5. The van der Waals surface area contributed by atoms with Gasteiger partial charge in [-0.3, -0.25) is 4.90 Å². The summed E-state index contributed by atoms with van der Waals surface area (Å²) in [4.78, 5) is 2.38. The molecule has 1 atom stereocenters. The number of β-amino-alcohol motifs (C(OH)–C–C–N with tert-alkyl or cyclic N) is 1. The van der Waals surface area contributed by atoms with Crippen LogP contribution in [0.5, 0.6) is 0 Å². The summed E-state index contributed by atoms with van der Waals surface area (Å²) < 4.78 is 6.44. The molecule has 1 aromatic carbocycles. The van der Waals surface area contributed by atoms with Gasteiger partial charge in [-0.2, -0.15) is 0 Å². The van der Waals surface area contributed by atoms with Gasteiger partial charge in [-0.15, -0.1) is 0 Å². The molecular weight excluding hydrogens is 310 g/mol. The quantitative estimate of drug-likeness (QED) is 0.891. The van der Waals surface area contributed by atoms with E-state index in [0.29, 0.717) is 6.61 Å². The molecule has 1 aliphatic heterocycles. The van der Waals surface area contributed by atoms with Crippen LogP contribution in [0.4, 0.5) is 0 Å². The summed E-state index contributed by atoms with van der Waals surface area (Å²) in [5, 5.41) is 10.6. The third-order valence-corrected chi connectivity index (χ3v) is 7.24. The monoisotopic (exact) mass is 341 g/mol. The number of aliphatic hydroxyl groups excluding tert-OH is 1. The third-order valence-electron chi connectivity index (χ3n) is 7.24. The zero-order valence-corrected chi connectivity index (χ0v) is 15.2. The van der Waals surface area contributed by atoms with Gasteiger partial charge in [0.15, 0.2) is 0 Å². The maximum Gasteiger partial charge on any atom is 0.0900 e. The summed E-state index contributed by atoms with van der Waals surface area (Å²) in [6.07, 6.45) is 8.82. The number of hydrogen-bond donors (Lipinski definition) is 1. The van der Waals surface area contributed by atoms with E-state index in [0.717, 1.165) is 43.8 Å². The normalized spacial score (nSPS) is 37.9. The lowest BCUT2D eigenvalue weighted by Gasteiger charge is -2.56. The number of hydrogen-bond acceptors (Lipinski definition) is 3. The second-order valence-electron chi connectivity index (χ2n) is 9.32. The van der Waals surface area contributed by atoms with Crippen molar-refractivity contribution in [1.82, 2.24) is 4.90 Å². The second-order valence-corrected chi connectivity index (χ2v) is 9.32. The van der Waals surface area contributed by atoms with E-state index in [4.69, 9.17) is 4.74 Å². The molecule has 1 heterocycles. The van der Waals surface area contributed by atoms with E-state index >= 15 is 0 Å². The first-order chi connectivity index (χ1) is 12.2. The molecule has 25 heavy (non-hydrogen) atoms. The minimum absolute atomic E-state index is 0.115. The summed E-state index contributed by atoms with van der Waals surface area (Å²) in [5.74, 6) is 2.71. The van der Waals surface area contributed by atoms with Crippen LogP contribution in [0.3, 0.4) is 0 Å². The van der Waals surface area contributed by atoms with Crippen LogP contribution in [-0.4, -0.2) is 41.4 Å². The van der Waals surface area contributed by atoms with Crippen LogP contribution in [0.2, 0.25) is 0 Å². The average Bonchev–Trinajstić information content (AvgIpc) is 2.59. The maximum absolute atomic E-state index is 10.6. The van der Waals surface area contributed by atoms with Crippen LogP contribution in [0.15, 0.2) is 24.3 Å². The van der Waals surface area contributed by atoms with E-state index in [1.54, 1.807) is 0 Å². The summed E-state index contributed by atoms with van der Waals surface area (Å²) in [6.45, 7) is 3.26. The van der Waals surface area contributed by atoms with E-state index in [2.05, 4.69) is 29.2 Å². The van der Waals surface area contributed by atoms with Crippen LogP contribution < -0.4 is 0 Å². The van der Waals surface area contributed by atoms with Crippen molar-refractivity contribution >= 4 is 0 Å². The van der Waals surface area contributed by atoms with E-state index in [9.17, 15) is 5.11 Å². The molecule has 1 aromatic rings. The number of ether oxygens (including phenoxy) is 1. The molecule has 0 saturated heterocycles. The van der Waals surface area contributed by atoms with Gasteiger partial charge < -0.3 is 9.84 Å². The van der Waals surface area contributed by atoms with Gasteiger partial charge in [0.1, 0.15) is 0 Å². The van der Waals surface area contributed by atoms with Crippen LogP contribution in [-0.2, 0) is 17.7 Å². The Morgan fingerprint density at radius 3 is 2.36 bits per heavy atom. The fourth-order valence-corrected chi connectivity index (χ4v) is 6.54. The standard InChI is InChI=1S/C22H31NO2/c24-21(14-23-6-5-19-3-1-2-4-20(19)13-23)15-25-22-10-16-7-17(11-22)9-18(8-16)12-22/h1-4,16-18,21,24H,5-15H2/t16?,17?,18?,21-,22?/m1/s1. The lowest BCUT2D eigenvalue weighted by Crippen LogP contribution is -2.53. The molecule has 0 amide bonds. The molecule has 3 nitrogen and oxygen atoms in total. The molecule has 4 fully saturated rings. The van der Waals surface area contributed by atoms with Crippen molar-refractivity contribution in [3.05, 3.63) is 35.4 Å². The Morgan fingerprint density at radius 1 is 1.04 bits per heavy atom.